The lowest BCUT2D eigenvalue weighted by atomic mass is 10.1. The molecule has 0 amide bonds. The van der Waals surface area contributed by atoms with E-state index in [0.29, 0.717) is 0 Å². The first-order valence-corrected chi connectivity index (χ1v) is 6.51. The van der Waals surface area contributed by atoms with Gasteiger partial charge in [0.05, 0.1) is 0 Å². The predicted octanol–water partition coefficient (Wildman–Crippen LogP) is 5.46. The highest BCUT2D eigenvalue weighted by Crippen LogP contribution is 2.05. The molecule has 0 bridgehead atoms. The molecule has 15 heavy (non-hydrogen) atoms. The van der Waals surface area contributed by atoms with Gasteiger partial charge < -0.3 is 0 Å². The van der Waals surface area contributed by atoms with Crippen LogP contribution in [0.1, 0.15) is 64.7 Å². The molecule has 0 unspecified atom stereocenters. The minimum absolute atomic E-state index is 1.10. The Morgan fingerprint density at radius 3 is 2.13 bits per heavy atom. The van der Waals surface area contributed by atoms with Crippen LogP contribution >= 0.6 is 0 Å². The first-order valence-electron chi connectivity index (χ1n) is 6.51. The molecule has 0 atom stereocenters. The Bertz CT molecular complexity index is 153. The van der Waals surface area contributed by atoms with Crippen molar-refractivity contribution in [1.29, 1.82) is 0 Å². The van der Waals surface area contributed by atoms with Crippen LogP contribution in [0.25, 0.3) is 0 Å². The van der Waals surface area contributed by atoms with Crippen molar-refractivity contribution in [3.63, 3.8) is 0 Å². The van der Waals surface area contributed by atoms with E-state index in [-0.39, 0.29) is 0 Å². The highest BCUT2D eigenvalue weighted by Gasteiger charge is 1.85. The van der Waals surface area contributed by atoms with Gasteiger partial charge in [0.25, 0.3) is 0 Å². The van der Waals surface area contributed by atoms with Crippen molar-refractivity contribution in [2.75, 3.05) is 0 Å². The van der Waals surface area contributed by atoms with E-state index in [2.05, 4.69) is 38.2 Å². The molecule has 0 aliphatic carbocycles. The molecule has 0 saturated heterocycles. The zero-order valence-electron chi connectivity index (χ0n) is 10.4. The normalized spacial score (nSPS) is 11.9. The molecular weight excluding hydrogens is 180 g/mol. The molecule has 0 rings (SSSR count). The van der Waals surface area contributed by atoms with Gasteiger partial charge in [0, 0.05) is 0 Å². The van der Waals surface area contributed by atoms with Crippen LogP contribution in [-0.4, -0.2) is 0 Å². The van der Waals surface area contributed by atoms with Gasteiger partial charge in [-0.15, -0.1) is 0 Å². The van der Waals surface area contributed by atoms with Crippen LogP contribution in [0.3, 0.4) is 0 Å². The van der Waals surface area contributed by atoms with E-state index in [9.17, 15) is 0 Å². The lowest BCUT2D eigenvalue weighted by molar-refractivity contribution is 0.651. The molecule has 0 nitrogen and oxygen atoms in total. The van der Waals surface area contributed by atoms with Gasteiger partial charge in [0.1, 0.15) is 0 Å². The van der Waals surface area contributed by atoms with Crippen molar-refractivity contribution in [2.45, 2.75) is 64.7 Å². The van der Waals surface area contributed by atoms with E-state index in [0.717, 1.165) is 12.8 Å². The third-order valence-electron chi connectivity index (χ3n) is 2.43. The first kappa shape index (κ1) is 14.5. The van der Waals surface area contributed by atoms with Gasteiger partial charge in [-0.3, -0.25) is 0 Å². The Morgan fingerprint density at radius 2 is 1.47 bits per heavy atom. The molecule has 0 aliphatic rings. The Balaban J connectivity index is 3.10. The zero-order chi connectivity index (χ0) is 11.2. The summed E-state index contributed by atoms with van der Waals surface area (Å²) in [6.07, 6.45) is 20.4. The first-order chi connectivity index (χ1) is 7.41. The summed E-state index contributed by atoms with van der Waals surface area (Å²) in [5.74, 6) is 0. The van der Waals surface area contributed by atoms with E-state index < -0.39 is 0 Å². The van der Waals surface area contributed by atoms with E-state index in [1.807, 2.05) is 0 Å². The van der Waals surface area contributed by atoms with Gasteiger partial charge in [-0.1, -0.05) is 70.3 Å². The van der Waals surface area contributed by atoms with Crippen LogP contribution in [0.4, 0.5) is 0 Å². The standard InChI is InChI=1S/C15H27/c1-3-5-7-9-11-13-15-14-12-10-8-6-4-2/h8,10,14-15H,1,3-7,9,11-13H2,2H3. The maximum atomic E-state index is 3.85. The molecule has 87 valence electrons. The van der Waals surface area contributed by atoms with Crippen LogP contribution in [0, 0.1) is 6.92 Å². The molecule has 0 heterocycles. The molecule has 0 heteroatoms. The Morgan fingerprint density at radius 1 is 0.800 bits per heavy atom. The highest BCUT2D eigenvalue weighted by molar-refractivity contribution is 4.92. The second-order valence-electron chi connectivity index (χ2n) is 4.02. The number of hydrogen-bond acceptors (Lipinski definition) is 0. The summed E-state index contributed by atoms with van der Waals surface area (Å²) in [7, 11) is 0. The summed E-state index contributed by atoms with van der Waals surface area (Å²) in [4.78, 5) is 0. The largest absolute Gasteiger partial charge is 0.0882 e. The molecule has 0 N–H and O–H groups in total. The quantitative estimate of drug-likeness (QED) is 0.329. The molecule has 1 radical (unpaired) electrons. The number of unbranched alkanes of at least 4 members (excludes halogenated alkanes) is 6. The van der Waals surface area contributed by atoms with Gasteiger partial charge in [0.2, 0.25) is 0 Å². The maximum absolute atomic E-state index is 3.85. The second-order valence-corrected chi connectivity index (χ2v) is 4.02. The molecule has 0 spiro atoms. The minimum Gasteiger partial charge on any atom is -0.0882 e. The van der Waals surface area contributed by atoms with Crippen molar-refractivity contribution in [1.82, 2.24) is 0 Å². The summed E-state index contributed by atoms with van der Waals surface area (Å²) in [5, 5.41) is 0. The molecule has 0 aromatic heterocycles. The van der Waals surface area contributed by atoms with Gasteiger partial charge in [-0.25, -0.2) is 0 Å². The Hall–Kier alpha value is -0.520. The predicted molar refractivity (Wildman–Crippen MR) is 70.9 cm³/mol. The third kappa shape index (κ3) is 13.5. The molecule has 0 aromatic rings. The second kappa shape index (κ2) is 13.5. The minimum atomic E-state index is 1.10. The summed E-state index contributed by atoms with van der Waals surface area (Å²) >= 11 is 0. The van der Waals surface area contributed by atoms with Crippen LogP contribution in [0.2, 0.25) is 0 Å². The average molecular weight is 207 g/mol. The summed E-state index contributed by atoms with van der Waals surface area (Å²) in [6, 6.07) is 0. The fourth-order valence-corrected chi connectivity index (χ4v) is 1.47. The fraction of sp³-hybridized carbons (Fsp3) is 0.667. The van der Waals surface area contributed by atoms with Crippen LogP contribution in [0.5, 0.6) is 0 Å². The number of allylic oxidation sites excluding steroid dienone is 4. The van der Waals surface area contributed by atoms with E-state index in [4.69, 9.17) is 0 Å². The number of rotatable bonds is 10. The maximum Gasteiger partial charge on any atom is -0.0169 e. The fourth-order valence-electron chi connectivity index (χ4n) is 1.47. The summed E-state index contributed by atoms with van der Waals surface area (Å²) in [5.41, 5.74) is 0. The Labute approximate surface area is 96.5 Å². The smallest absolute Gasteiger partial charge is 0.0169 e. The lowest BCUT2D eigenvalue weighted by Crippen LogP contribution is -1.75. The van der Waals surface area contributed by atoms with Crippen molar-refractivity contribution in [3.8, 4) is 0 Å². The van der Waals surface area contributed by atoms with Crippen LogP contribution in [0.15, 0.2) is 24.3 Å². The van der Waals surface area contributed by atoms with E-state index in [1.54, 1.807) is 0 Å². The molecule has 0 fully saturated rings. The van der Waals surface area contributed by atoms with Gasteiger partial charge in [-0.05, 0) is 25.7 Å². The van der Waals surface area contributed by atoms with Crippen molar-refractivity contribution in [2.24, 2.45) is 0 Å². The van der Waals surface area contributed by atoms with Gasteiger partial charge in [-0.2, -0.15) is 0 Å². The SMILES string of the molecule is [CH2]CCCCCCC=CCC=CCCC. The number of hydrogen-bond donors (Lipinski definition) is 0. The van der Waals surface area contributed by atoms with Gasteiger partial charge in [0.15, 0.2) is 0 Å². The molecule has 0 aromatic carbocycles. The Kier molecular flexibility index (Phi) is 13.0. The molecule has 0 saturated carbocycles. The average Bonchev–Trinajstić information content (AvgIpc) is 2.26. The van der Waals surface area contributed by atoms with Crippen molar-refractivity contribution < 1.29 is 0 Å². The molecule has 0 aliphatic heterocycles. The van der Waals surface area contributed by atoms with Crippen LogP contribution < -0.4 is 0 Å². The van der Waals surface area contributed by atoms with Crippen molar-refractivity contribution in [3.05, 3.63) is 31.2 Å². The van der Waals surface area contributed by atoms with Crippen LogP contribution in [-0.2, 0) is 0 Å². The third-order valence-corrected chi connectivity index (χ3v) is 2.43. The summed E-state index contributed by atoms with van der Waals surface area (Å²) in [6.45, 7) is 6.06. The lowest BCUT2D eigenvalue weighted by Gasteiger charge is -1.95. The van der Waals surface area contributed by atoms with Gasteiger partial charge >= 0.3 is 0 Å². The van der Waals surface area contributed by atoms with E-state index >= 15 is 0 Å². The summed E-state index contributed by atoms with van der Waals surface area (Å²) < 4.78 is 0. The van der Waals surface area contributed by atoms with E-state index in [1.165, 1.54) is 44.9 Å². The van der Waals surface area contributed by atoms with Crippen molar-refractivity contribution >= 4 is 0 Å². The highest BCUT2D eigenvalue weighted by atomic mass is 13.9. The topological polar surface area (TPSA) is 0 Å². The monoisotopic (exact) mass is 207 g/mol. The molecular formula is C15H27. The zero-order valence-corrected chi connectivity index (χ0v) is 10.4.